The van der Waals surface area contributed by atoms with Gasteiger partial charge in [-0.3, -0.25) is 4.79 Å². The summed E-state index contributed by atoms with van der Waals surface area (Å²) in [5, 5.41) is 6.86. The summed E-state index contributed by atoms with van der Waals surface area (Å²) in [6.07, 6.45) is 5.88. The van der Waals surface area contributed by atoms with Crippen molar-refractivity contribution in [3.8, 4) is 22.4 Å². The van der Waals surface area contributed by atoms with Crippen molar-refractivity contribution in [1.82, 2.24) is 19.9 Å². The molecule has 37 heavy (non-hydrogen) atoms. The summed E-state index contributed by atoms with van der Waals surface area (Å²) in [7, 11) is 1.59. The molecule has 5 rings (SSSR count). The van der Waals surface area contributed by atoms with E-state index in [0.717, 1.165) is 11.1 Å². The summed E-state index contributed by atoms with van der Waals surface area (Å²) in [5.74, 6) is 2.21. The quantitative estimate of drug-likeness (QED) is 0.280. The molecular weight excluding hydrogens is 514 g/mol. The Morgan fingerprint density at radius 1 is 1.16 bits per heavy atom. The van der Waals surface area contributed by atoms with Crippen LogP contribution in [0.5, 0.6) is 22.4 Å². The first kappa shape index (κ1) is 24.8. The van der Waals surface area contributed by atoms with Crippen LogP contribution >= 0.6 is 22.9 Å². The van der Waals surface area contributed by atoms with Gasteiger partial charge in [0.05, 0.1) is 17.6 Å². The van der Waals surface area contributed by atoms with Crippen LogP contribution in [0.1, 0.15) is 12.8 Å². The minimum Gasteiger partial charge on any atom is -0.493 e. The Balaban J connectivity index is 1.37. The average Bonchev–Trinajstić information content (AvgIpc) is 3.43. The zero-order chi connectivity index (χ0) is 25.8. The topological polar surface area (TPSA) is 98.7 Å². The molecule has 0 aliphatic carbocycles. The Bertz CT molecular complexity index is 1420. The van der Waals surface area contributed by atoms with E-state index in [4.69, 9.17) is 25.8 Å². The van der Waals surface area contributed by atoms with Gasteiger partial charge in [0.1, 0.15) is 24.0 Å². The van der Waals surface area contributed by atoms with Gasteiger partial charge >= 0.3 is 0 Å². The summed E-state index contributed by atoms with van der Waals surface area (Å²) in [4.78, 5) is 26.6. The lowest BCUT2D eigenvalue weighted by atomic mass is 10.1. The lowest BCUT2D eigenvalue weighted by Gasteiger charge is -2.31. The first-order valence-electron chi connectivity index (χ1n) is 11.6. The van der Waals surface area contributed by atoms with Crippen LogP contribution < -0.4 is 19.5 Å². The second kappa shape index (κ2) is 11.0. The maximum absolute atomic E-state index is 11.9. The minimum absolute atomic E-state index is 0.0505. The highest BCUT2D eigenvalue weighted by atomic mass is 35.5. The molecule has 0 saturated carbocycles. The molecule has 0 spiro atoms. The van der Waals surface area contributed by atoms with Gasteiger partial charge in [-0.1, -0.05) is 29.5 Å². The van der Waals surface area contributed by atoms with E-state index in [2.05, 4.69) is 26.8 Å². The van der Waals surface area contributed by atoms with Crippen LogP contribution in [0, 0.1) is 0 Å². The van der Waals surface area contributed by atoms with Crippen molar-refractivity contribution in [2.75, 3.05) is 25.5 Å². The monoisotopic (exact) mass is 537 g/mol. The second-order valence-electron chi connectivity index (χ2n) is 8.26. The van der Waals surface area contributed by atoms with Crippen molar-refractivity contribution in [1.29, 1.82) is 0 Å². The molecule has 2 aromatic heterocycles. The number of thiazole rings is 1. The molecule has 11 heteroatoms. The molecule has 1 saturated heterocycles. The number of methoxy groups -OCH3 is 1. The van der Waals surface area contributed by atoms with Crippen molar-refractivity contribution in [2.24, 2.45) is 0 Å². The number of aromatic nitrogens is 3. The molecule has 2 aromatic carbocycles. The second-order valence-corrected chi connectivity index (χ2v) is 9.52. The summed E-state index contributed by atoms with van der Waals surface area (Å²) >= 11 is 7.84. The number of nitrogens with one attached hydrogen (secondary N) is 1. The summed E-state index contributed by atoms with van der Waals surface area (Å²) < 4.78 is 17.6. The number of amides is 1. The van der Waals surface area contributed by atoms with Gasteiger partial charge in [-0.2, -0.15) is 0 Å². The van der Waals surface area contributed by atoms with Crippen LogP contribution in [0.25, 0.3) is 10.9 Å². The van der Waals surface area contributed by atoms with Crippen LogP contribution in [-0.2, 0) is 4.79 Å². The Morgan fingerprint density at radius 2 is 2.00 bits per heavy atom. The zero-order valence-electron chi connectivity index (χ0n) is 20.0. The van der Waals surface area contributed by atoms with Crippen molar-refractivity contribution in [3.63, 3.8) is 0 Å². The van der Waals surface area contributed by atoms with Crippen molar-refractivity contribution in [3.05, 3.63) is 65.9 Å². The van der Waals surface area contributed by atoms with Gasteiger partial charge in [0, 0.05) is 54.6 Å². The van der Waals surface area contributed by atoms with E-state index >= 15 is 0 Å². The predicted molar refractivity (Wildman–Crippen MR) is 143 cm³/mol. The van der Waals surface area contributed by atoms with Gasteiger partial charge in [-0.25, -0.2) is 15.0 Å². The number of carbonyl (C=O) groups is 1. The Kier molecular flexibility index (Phi) is 7.38. The molecule has 1 N–H and O–H groups in total. The van der Waals surface area contributed by atoms with E-state index in [1.807, 2.05) is 23.6 Å². The number of hydrogen-bond acceptors (Lipinski definition) is 9. The lowest BCUT2D eigenvalue weighted by Crippen LogP contribution is -2.41. The molecular formula is C26H24ClN5O4S. The largest absolute Gasteiger partial charge is 0.493 e. The van der Waals surface area contributed by atoms with E-state index in [0.29, 0.717) is 64.7 Å². The Hall–Kier alpha value is -3.89. The van der Waals surface area contributed by atoms with Gasteiger partial charge < -0.3 is 24.4 Å². The maximum Gasteiger partial charge on any atom is 0.278 e. The first-order valence-corrected chi connectivity index (χ1v) is 12.8. The molecule has 0 bridgehead atoms. The van der Waals surface area contributed by atoms with E-state index in [9.17, 15) is 4.79 Å². The van der Waals surface area contributed by atoms with Gasteiger partial charge in [-0.15, -0.1) is 0 Å². The number of benzene rings is 2. The zero-order valence-corrected chi connectivity index (χ0v) is 21.6. The van der Waals surface area contributed by atoms with Crippen molar-refractivity contribution in [2.45, 2.75) is 18.9 Å². The number of carbonyl (C=O) groups excluding carboxylic acids is 1. The molecule has 0 atom stereocenters. The predicted octanol–water partition coefficient (Wildman–Crippen LogP) is 5.84. The summed E-state index contributed by atoms with van der Waals surface area (Å²) in [6, 6.07) is 9.08. The van der Waals surface area contributed by atoms with Crippen LogP contribution in [0.4, 0.5) is 11.5 Å². The number of anilines is 2. The first-order chi connectivity index (χ1) is 18.0. The fourth-order valence-electron chi connectivity index (χ4n) is 4.07. The SMILES string of the molecule is C=CC(=O)N1CCC(Oc2cc3c(Nc4ccc(Oc5nccs5)c(Cl)c4)ncnc3cc2OC)CC1. The van der Waals surface area contributed by atoms with Gasteiger partial charge in [0.2, 0.25) is 5.91 Å². The summed E-state index contributed by atoms with van der Waals surface area (Å²) in [5.41, 5.74) is 1.43. The highest BCUT2D eigenvalue weighted by molar-refractivity contribution is 7.11. The standard InChI is InChI=1S/C26H24ClN5O4S/c1-3-24(33)32-9-6-17(7-10-32)35-23-13-18-20(14-22(23)34-2)29-15-30-25(18)31-16-4-5-21(19(27)12-16)36-26-28-8-11-37-26/h3-5,8,11-15,17H,1,6-7,9-10H2,2H3,(H,29,30,31). The fourth-order valence-corrected chi connectivity index (χ4v) is 4.79. The number of halogens is 1. The van der Waals surface area contributed by atoms with Gasteiger partial charge in [0.25, 0.3) is 5.19 Å². The number of piperidine rings is 1. The molecule has 1 aliphatic heterocycles. The molecule has 0 radical (unpaired) electrons. The third-order valence-corrected chi connectivity index (χ3v) is 6.89. The smallest absolute Gasteiger partial charge is 0.278 e. The van der Waals surface area contributed by atoms with Crippen molar-refractivity contribution >= 4 is 51.3 Å². The number of rotatable bonds is 8. The molecule has 4 aromatic rings. The molecule has 3 heterocycles. The Labute approximate surface area is 222 Å². The minimum atomic E-state index is -0.0579. The molecule has 190 valence electrons. The highest BCUT2D eigenvalue weighted by Crippen LogP contribution is 2.37. The number of hydrogen-bond donors (Lipinski definition) is 1. The van der Waals surface area contributed by atoms with Crippen LogP contribution in [-0.4, -0.2) is 52.1 Å². The molecule has 1 fully saturated rings. The number of nitrogens with zero attached hydrogens (tertiary/aromatic N) is 4. The lowest BCUT2D eigenvalue weighted by molar-refractivity contribution is -0.127. The molecule has 1 aliphatic rings. The number of likely N-dealkylation sites (tertiary alicyclic amines) is 1. The molecule has 0 unspecified atom stereocenters. The van der Waals surface area contributed by atoms with Crippen LogP contribution in [0.2, 0.25) is 5.02 Å². The van der Waals surface area contributed by atoms with Crippen molar-refractivity contribution < 1.29 is 19.0 Å². The van der Waals surface area contributed by atoms with Gasteiger partial charge in [0.15, 0.2) is 11.5 Å². The normalized spacial score (nSPS) is 13.8. The van der Waals surface area contributed by atoms with Crippen LogP contribution in [0.15, 0.2) is 60.9 Å². The number of fused-ring (bicyclic) bond motifs is 1. The average molecular weight is 538 g/mol. The fraction of sp³-hybridized carbons (Fsp3) is 0.231. The van der Waals surface area contributed by atoms with E-state index in [1.165, 1.54) is 23.7 Å². The maximum atomic E-state index is 11.9. The number of ether oxygens (including phenoxy) is 3. The summed E-state index contributed by atoms with van der Waals surface area (Å²) in [6.45, 7) is 4.79. The van der Waals surface area contributed by atoms with E-state index in [1.54, 1.807) is 30.3 Å². The third-order valence-electron chi connectivity index (χ3n) is 5.94. The van der Waals surface area contributed by atoms with Gasteiger partial charge in [-0.05, 0) is 30.3 Å². The highest BCUT2D eigenvalue weighted by Gasteiger charge is 2.24. The third kappa shape index (κ3) is 5.60. The van der Waals surface area contributed by atoms with E-state index in [-0.39, 0.29) is 12.0 Å². The Morgan fingerprint density at radius 3 is 2.70 bits per heavy atom. The van der Waals surface area contributed by atoms with E-state index < -0.39 is 0 Å². The molecule has 1 amide bonds. The van der Waals surface area contributed by atoms with Crippen LogP contribution in [0.3, 0.4) is 0 Å². The molecule has 9 nitrogen and oxygen atoms in total.